The molecular formula is C22H19N5O. The standard InChI is InChI=1S/C22H19N5O/c23-12-18(22(28)25-20-8-9-20)11-19-15-27(14-16-5-2-1-3-6-16)26-21(19)17-7-4-10-24-13-17/h1-7,10-11,13,15,20H,8-9,14H2,(H,25,28)/b18-11+. The number of nitriles is 1. The van der Waals surface area contributed by atoms with Crippen LogP contribution in [0.4, 0.5) is 0 Å². The first-order chi connectivity index (χ1) is 13.7. The number of amides is 1. The Bertz CT molecular complexity index is 1040. The minimum atomic E-state index is -0.335. The van der Waals surface area contributed by atoms with Crippen LogP contribution in [-0.2, 0) is 11.3 Å². The van der Waals surface area contributed by atoms with E-state index in [1.165, 1.54) is 0 Å². The van der Waals surface area contributed by atoms with Crippen molar-refractivity contribution in [1.29, 1.82) is 5.26 Å². The normalized spacial score (nSPS) is 13.8. The van der Waals surface area contributed by atoms with Gasteiger partial charge in [0.1, 0.15) is 17.3 Å². The molecule has 2 aromatic heterocycles. The summed E-state index contributed by atoms with van der Waals surface area (Å²) in [5.41, 5.74) is 3.43. The number of benzene rings is 1. The number of hydrogen-bond donors (Lipinski definition) is 1. The molecule has 1 saturated carbocycles. The Labute approximate surface area is 163 Å². The molecule has 138 valence electrons. The van der Waals surface area contributed by atoms with Gasteiger partial charge in [-0.3, -0.25) is 14.5 Å². The minimum absolute atomic E-state index is 0.0799. The molecule has 0 atom stereocenters. The zero-order valence-corrected chi connectivity index (χ0v) is 15.2. The third kappa shape index (κ3) is 4.15. The summed E-state index contributed by atoms with van der Waals surface area (Å²) in [6, 6.07) is 16.0. The van der Waals surface area contributed by atoms with Crippen molar-refractivity contribution < 1.29 is 4.79 Å². The van der Waals surface area contributed by atoms with Gasteiger partial charge in [-0.1, -0.05) is 30.3 Å². The van der Waals surface area contributed by atoms with Crippen LogP contribution in [0.2, 0.25) is 0 Å². The molecule has 6 heteroatoms. The number of rotatable bonds is 6. The number of carbonyl (C=O) groups is 1. The fourth-order valence-electron chi connectivity index (χ4n) is 2.92. The van der Waals surface area contributed by atoms with E-state index in [4.69, 9.17) is 0 Å². The van der Waals surface area contributed by atoms with Crippen molar-refractivity contribution in [1.82, 2.24) is 20.1 Å². The van der Waals surface area contributed by atoms with E-state index >= 15 is 0 Å². The predicted octanol–water partition coefficient (Wildman–Crippen LogP) is 3.18. The van der Waals surface area contributed by atoms with E-state index in [0.29, 0.717) is 17.8 Å². The lowest BCUT2D eigenvalue weighted by molar-refractivity contribution is -0.117. The van der Waals surface area contributed by atoms with Crippen molar-refractivity contribution in [3.05, 3.63) is 77.8 Å². The van der Waals surface area contributed by atoms with Gasteiger partial charge in [0.15, 0.2) is 0 Å². The number of nitrogens with one attached hydrogen (secondary N) is 1. The maximum absolute atomic E-state index is 12.3. The average molecular weight is 369 g/mol. The fourth-order valence-corrected chi connectivity index (χ4v) is 2.92. The summed E-state index contributed by atoms with van der Waals surface area (Å²) < 4.78 is 1.82. The van der Waals surface area contributed by atoms with Crippen LogP contribution in [0.15, 0.2) is 66.6 Å². The molecule has 6 nitrogen and oxygen atoms in total. The largest absolute Gasteiger partial charge is 0.349 e. The maximum atomic E-state index is 12.3. The lowest BCUT2D eigenvalue weighted by Gasteiger charge is -2.02. The summed E-state index contributed by atoms with van der Waals surface area (Å²) in [6.45, 7) is 0.595. The van der Waals surface area contributed by atoms with Gasteiger partial charge in [-0.2, -0.15) is 10.4 Å². The van der Waals surface area contributed by atoms with Gasteiger partial charge in [-0.15, -0.1) is 0 Å². The molecule has 28 heavy (non-hydrogen) atoms. The van der Waals surface area contributed by atoms with E-state index in [1.54, 1.807) is 18.5 Å². The van der Waals surface area contributed by atoms with Crippen LogP contribution >= 0.6 is 0 Å². The van der Waals surface area contributed by atoms with E-state index in [-0.39, 0.29) is 17.5 Å². The SMILES string of the molecule is N#C/C(=C\c1cn(Cc2ccccc2)nc1-c1cccnc1)C(=O)NC1CC1. The Morgan fingerprint density at radius 3 is 2.75 bits per heavy atom. The van der Waals surface area contributed by atoms with Crippen LogP contribution in [0, 0.1) is 11.3 Å². The summed E-state index contributed by atoms with van der Waals surface area (Å²) in [7, 11) is 0. The second kappa shape index (κ2) is 7.89. The number of aromatic nitrogens is 3. The molecule has 1 fully saturated rings. The Morgan fingerprint density at radius 2 is 2.07 bits per heavy atom. The first-order valence-corrected chi connectivity index (χ1v) is 9.17. The molecule has 2 heterocycles. The molecule has 1 aromatic carbocycles. The van der Waals surface area contributed by atoms with Gasteiger partial charge < -0.3 is 5.32 Å². The highest BCUT2D eigenvalue weighted by Crippen LogP contribution is 2.25. The molecule has 0 saturated heterocycles. The summed E-state index contributed by atoms with van der Waals surface area (Å²) in [6.07, 6.45) is 8.83. The fraction of sp³-hybridized carbons (Fsp3) is 0.182. The molecule has 3 aromatic rings. The maximum Gasteiger partial charge on any atom is 0.262 e. The van der Waals surface area contributed by atoms with Gasteiger partial charge in [-0.05, 0) is 36.6 Å². The van der Waals surface area contributed by atoms with Crippen LogP contribution in [0.1, 0.15) is 24.0 Å². The van der Waals surface area contributed by atoms with Crippen LogP contribution in [0.25, 0.3) is 17.3 Å². The van der Waals surface area contributed by atoms with E-state index in [2.05, 4.69) is 15.4 Å². The van der Waals surface area contributed by atoms with Crippen molar-refractivity contribution in [2.45, 2.75) is 25.4 Å². The zero-order valence-electron chi connectivity index (χ0n) is 15.2. The summed E-state index contributed by atoms with van der Waals surface area (Å²) in [5.74, 6) is -0.335. The lowest BCUT2D eigenvalue weighted by atomic mass is 10.1. The van der Waals surface area contributed by atoms with Crippen molar-refractivity contribution >= 4 is 12.0 Å². The van der Waals surface area contributed by atoms with E-state index in [9.17, 15) is 10.1 Å². The molecule has 0 unspecified atom stereocenters. The van der Waals surface area contributed by atoms with Crippen LogP contribution < -0.4 is 5.32 Å². The van der Waals surface area contributed by atoms with Crippen molar-refractivity contribution in [3.63, 3.8) is 0 Å². The van der Waals surface area contributed by atoms with Crippen molar-refractivity contribution in [2.24, 2.45) is 0 Å². The van der Waals surface area contributed by atoms with E-state index in [0.717, 1.165) is 24.0 Å². The summed E-state index contributed by atoms with van der Waals surface area (Å²) in [5, 5.41) is 17.0. The second-order valence-electron chi connectivity index (χ2n) is 6.78. The molecule has 1 N–H and O–H groups in total. The number of carbonyl (C=O) groups excluding carboxylic acids is 1. The molecule has 1 aliphatic rings. The van der Waals surface area contributed by atoms with Crippen molar-refractivity contribution in [3.8, 4) is 17.3 Å². The topological polar surface area (TPSA) is 83.6 Å². The van der Waals surface area contributed by atoms with Gasteiger partial charge in [-0.25, -0.2) is 0 Å². The van der Waals surface area contributed by atoms with Crippen LogP contribution in [-0.4, -0.2) is 26.7 Å². The molecule has 1 aliphatic carbocycles. The third-order valence-electron chi connectivity index (χ3n) is 4.49. The molecule has 1 amide bonds. The van der Waals surface area contributed by atoms with Crippen LogP contribution in [0.5, 0.6) is 0 Å². The molecule has 0 bridgehead atoms. The third-order valence-corrected chi connectivity index (χ3v) is 4.49. The van der Waals surface area contributed by atoms with Gasteiger partial charge in [0.05, 0.1) is 6.54 Å². The molecule has 0 radical (unpaired) electrons. The summed E-state index contributed by atoms with van der Waals surface area (Å²) >= 11 is 0. The second-order valence-corrected chi connectivity index (χ2v) is 6.78. The smallest absolute Gasteiger partial charge is 0.262 e. The van der Waals surface area contributed by atoms with Crippen molar-refractivity contribution in [2.75, 3.05) is 0 Å². The quantitative estimate of drug-likeness (QED) is 0.534. The zero-order chi connectivity index (χ0) is 19.3. The average Bonchev–Trinajstić information content (AvgIpc) is 3.45. The lowest BCUT2D eigenvalue weighted by Crippen LogP contribution is -2.26. The first kappa shape index (κ1) is 17.7. The Hall–Kier alpha value is -3.72. The number of pyridine rings is 1. The Morgan fingerprint density at radius 1 is 1.25 bits per heavy atom. The molecule has 0 spiro atoms. The van der Waals surface area contributed by atoms with E-state index < -0.39 is 0 Å². The number of nitrogens with zero attached hydrogens (tertiary/aromatic N) is 4. The van der Waals surface area contributed by atoms with Gasteiger partial charge in [0.25, 0.3) is 5.91 Å². The summed E-state index contributed by atoms with van der Waals surface area (Å²) in [4.78, 5) is 16.5. The van der Waals surface area contributed by atoms with Gasteiger partial charge in [0, 0.05) is 35.8 Å². The Kier molecular flexibility index (Phi) is 4.98. The molecule has 0 aliphatic heterocycles. The van der Waals surface area contributed by atoms with Gasteiger partial charge in [0.2, 0.25) is 0 Å². The molecular weight excluding hydrogens is 350 g/mol. The number of hydrogen-bond acceptors (Lipinski definition) is 4. The highest BCUT2D eigenvalue weighted by molar-refractivity contribution is 6.02. The van der Waals surface area contributed by atoms with Gasteiger partial charge >= 0.3 is 0 Å². The minimum Gasteiger partial charge on any atom is -0.349 e. The molecule has 4 rings (SSSR count). The van der Waals surface area contributed by atoms with Crippen LogP contribution in [0.3, 0.4) is 0 Å². The highest BCUT2D eigenvalue weighted by atomic mass is 16.1. The first-order valence-electron chi connectivity index (χ1n) is 9.17. The Balaban J connectivity index is 1.70. The van der Waals surface area contributed by atoms with E-state index in [1.807, 2.05) is 59.4 Å². The highest BCUT2D eigenvalue weighted by Gasteiger charge is 2.25. The monoisotopic (exact) mass is 369 g/mol. The predicted molar refractivity (Wildman–Crippen MR) is 106 cm³/mol.